The molecule has 1 saturated heterocycles. The van der Waals surface area contributed by atoms with Gasteiger partial charge in [0.05, 0.1) is 13.0 Å². The summed E-state index contributed by atoms with van der Waals surface area (Å²) >= 11 is 0. The van der Waals surface area contributed by atoms with E-state index < -0.39 is 11.9 Å². The zero-order chi connectivity index (χ0) is 16.3. The minimum absolute atomic E-state index is 0.0333. The molecule has 0 bridgehead atoms. The first-order chi connectivity index (χ1) is 10.4. The number of carbonyl (C=O) groups excluding carboxylic acids is 1. The maximum atomic E-state index is 11.9. The first kappa shape index (κ1) is 16.3. The molecule has 0 aliphatic carbocycles. The van der Waals surface area contributed by atoms with Gasteiger partial charge in [-0.3, -0.25) is 9.59 Å². The van der Waals surface area contributed by atoms with Gasteiger partial charge in [0.2, 0.25) is 0 Å². The Bertz CT molecular complexity index is 532. The third kappa shape index (κ3) is 3.40. The van der Waals surface area contributed by atoms with Crippen LogP contribution in [0.5, 0.6) is 0 Å². The summed E-state index contributed by atoms with van der Waals surface area (Å²) in [5, 5.41) is 13.0. The van der Waals surface area contributed by atoms with Gasteiger partial charge in [-0.25, -0.2) is 0 Å². The van der Waals surface area contributed by atoms with Crippen molar-refractivity contribution in [2.75, 3.05) is 25.1 Å². The van der Waals surface area contributed by atoms with E-state index >= 15 is 0 Å². The summed E-state index contributed by atoms with van der Waals surface area (Å²) in [6, 6.07) is 1.75. The molecule has 7 nitrogen and oxygen atoms in total. The van der Waals surface area contributed by atoms with Crippen LogP contribution in [0.25, 0.3) is 0 Å². The van der Waals surface area contributed by atoms with Crippen LogP contribution in [-0.2, 0) is 14.3 Å². The quantitative estimate of drug-likeness (QED) is 0.830. The molecule has 1 unspecified atom stereocenters. The van der Waals surface area contributed by atoms with Crippen molar-refractivity contribution in [3.05, 3.63) is 11.8 Å². The number of aliphatic carboxylic acids is 1. The van der Waals surface area contributed by atoms with Crippen molar-refractivity contribution in [1.29, 1.82) is 0 Å². The number of anilines is 1. The second-order valence-electron chi connectivity index (χ2n) is 5.93. The van der Waals surface area contributed by atoms with Crippen LogP contribution >= 0.6 is 0 Å². The van der Waals surface area contributed by atoms with E-state index in [0.29, 0.717) is 37.5 Å². The number of esters is 1. The van der Waals surface area contributed by atoms with Crippen molar-refractivity contribution in [3.63, 3.8) is 0 Å². The number of carboxylic acids is 1. The lowest BCUT2D eigenvalue weighted by molar-refractivity contribution is -0.144. The number of carbonyl (C=O) groups is 2. The summed E-state index contributed by atoms with van der Waals surface area (Å²) in [6.45, 7) is 5.07. The Morgan fingerprint density at radius 1 is 1.41 bits per heavy atom. The average Bonchev–Trinajstić information content (AvgIpc) is 2.96. The number of rotatable bonds is 5. The minimum atomic E-state index is -0.744. The minimum Gasteiger partial charge on any atom is -0.481 e. The van der Waals surface area contributed by atoms with Crippen LogP contribution in [0.4, 0.5) is 5.82 Å². The Kier molecular flexibility index (Phi) is 5.05. The van der Waals surface area contributed by atoms with Gasteiger partial charge in [-0.1, -0.05) is 19.0 Å². The van der Waals surface area contributed by atoms with Gasteiger partial charge >= 0.3 is 11.9 Å². The lowest BCUT2D eigenvalue weighted by Gasteiger charge is -2.29. The standard InChI is InChI=1S/C15H22N2O5/c1-9(2)13(15(20)21-3)11-8-12(16-22-11)17-6-4-10(5-7-17)14(18)19/h8-10,13H,4-7H2,1-3H3,(H,18,19). The summed E-state index contributed by atoms with van der Waals surface area (Å²) in [7, 11) is 1.35. The van der Waals surface area contributed by atoms with Gasteiger partial charge in [-0.05, 0) is 18.8 Å². The van der Waals surface area contributed by atoms with Crippen LogP contribution < -0.4 is 4.90 Å². The summed E-state index contributed by atoms with van der Waals surface area (Å²) in [6.07, 6.45) is 1.17. The molecule has 1 aliphatic heterocycles. The van der Waals surface area contributed by atoms with E-state index in [2.05, 4.69) is 5.16 Å². The molecule has 1 aromatic heterocycles. The summed E-state index contributed by atoms with van der Waals surface area (Å²) in [4.78, 5) is 24.8. The monoisotopic (exact) mass is 310 g/mol. The Morgan fingerprint density at radius 3 is 2.55 bits per heavy atom. The van der Waals surface area contributed by atoms with Crippen LogP contribution in [0.1, 0.15) is 38.4 Å². The molecule has 2 rings (SSSR count). The Labute approximate surface area is 129 Å². The molecular weight excluding hydrogens is 288 g/mol. The van der Waals surface area contributed by atoms with Gasteiger partial charge in [-0.15, -0.1) is 0 Å². The maximum Gasteiger partial charge on any atom is 0.316 e. The highest BCUT2D eigenvalue weighted by molar-refractivity contribution is 5.77. The highest BCUT2D eigenvalue weighted by atomic mass is 16.5. The molecule has 1 N–H and O–H groups in total. The van der Waals surface area contributed by atoms with Crippen molar-refractivity contribution in [1.82, 2.24) is 5.16 Å². The Hall–Kier alpha value is -2.05. The SMILES string of the molecule is COC(=O)C(c1cc(N2CCC(C(=O)O)CC2)no1)C(C)C. The molecule has 0 aromatic carbocycles. The maximum absolute atomic E-state index is 11.9. The zero-order valence-corrected chi connectivity index (χ0v) is 13.1. The number of aromatic nitrogens is 1. The largest absolute Gasteiger partial charge is 0.481 e. The second kappa shape index (κ2) is 6.81. The molecule has 1 fully saturated rings. The van der Waals surface area contributed by atoms with Crippen LogP contribution in [0, 0.1) is 11.8 Å². The molecule has 7 heteroatoms. The van der Waals surface area contributed by atoms with Crippen LogP contribution in [0.15, 0.2) is 10.6 Å². The number of methoxy groups -OCH3 is 1. The molecular formula is C15H22N2O5. The smallest absolute Gasteiger partial charge is 0.316 e. The topological polar surface area (TPSA) is 92.9 Å². The number of hydrogen-bond donors (Lipinski definition) is 1. The van der Waals surface area contributed by atoms with E-state index in [1.165, 1.54) is 7.11 Å². The van der Waals surface area contributed by atoms with Crippen LogP contribution in [0.3, 0.4) is 0 Å². The predicted molar refractivity (Wildman–Crippen MR) is 78.7 cm³/mol. The lowest BCUT2D eigenvalue weighted by atomic mass is 9.93. The van der Waals surface area contributed by atoms with Crippen molar-refractivity contribution in [3.8, 4) is 0 Å². The van der Waals surface area contributed by atoms with E-state index in [1.807, 2.05) is 18.7 Å². The summed E-state index contributed by atoms with van der Waals surface area (Å²) in [5.41, 5.74) is 0. The van der Waals surface area contributed by atoms with Gasteiger partial charge < -0.3 is 19.3 Å². The molecule has 0 amide bonds. The van der Waals surface area contributed by atoms with Crippen molar-refractivity contribution in [2.45, 2.75) is 32.6 Å². The average molecular weight is 310 g/mol. The molecule has 0 spiro atoms. The van der Waals surface area contributed by atoms with E-state index in [9.17, 15) is 9.59 Å². The Balaban J connectivity index is 2.08. The molecule has 1 atom stereocenters. The van der Waals surface area contributed by atoms with E-state index in [4.69, 9.17) is 14.4 Å². The van der Waals surface area contributed by atoms with E-state index in [0.717, 1.165) is 0 Å². The van der Waals surface area contributed by atoms with Crippen LogP contribution in [-0.4, -0.2) is 42.4 Å². The van der Waals surface area contributed by atoms with E-state index in [-0.39, 0.29) is 17.8 Å². The van der Waals surface area contributed by atoms with Gasteiger partial charge in [0.15, 0.2) is 11.6 Å². The van der Waals surface area contributed by atoms with Gasteiger partial charge in [0.25, 0.3) is 0 Å². The van der Waals surface area contributed by atoms with Crippen molar-refractivity contribution >= 4 is 17.8 Å². The van der Waals surface area contributed by atoms with Crippen LogP contribution in [0.2, 0.25) is 0 Å². The normalized spacial score (nSPS) is 17.5. The van der Waals surface area contributed by atoms with E-state index in [1.54, 1.807) is 6.07 Å². The summed E-state index contributed by atoms with van der Waals surface area (Å²) in [5.74, 6) is -0.700. The summed E-state index contributed by atoms with van der Waals surface area (Å²) < 4.78 is 10.1. The second-order valence-corrected chi connectivity index (χ2v) is 5.93. The predicted octanol–water partition coefficient (Wildman–Crippen LogP) is 1.89. The molecule has 1 aromatic rings. The third-order valence-corrected chi connectivity index (χ3v) is 4.11. The first-order valence-corrected chi connectivity index (χ1v) is 7.46. The highest BCUT2D eigenvalue weighted by Crippen LogP contribution is 2.30. The number of nitrogens with zero attached hydrogens (tertiary/aromatic N) is 2. The molecule has 2 heterocycles. The molecule has 122 valence electrons. The fourth-order valence-electron chi connectivity index (χ4n) is 2.77. The molecule has 0 radical (unpaired) electrons. The fraction of sp³-hybridized carbons (Fsp3) is 0.667. The van der Waals surface area contributed by atoms with Gasteiger partial charge in [-0.2, -0.15) is 0 Å². The number of ether oxygens (including phenoxy) is 1. The number of carboxylic acid groups (broad SMARTS) is 1. The fourth-order valence-corrected chi connectivity index (χ4v) is 2.77. The zero-order valence-electron chi connectivity index (χ0n) is 13.1. The lowest BCUT2D eigenvalue weighted by Crippen LogP contribution is -2.36. The van der Waals surface area contributed by atoms with Crippen molar-refractivity contribution < 1.29 is 24.0 Å². The first-order valence-electron chi connectivity index (χ1n) is 7.46. The van der Waals surface area contributed by atoms with Crippen molar-refractivity contribution in [2.24, 2.45) is 11.8 Å². The number of hydrogen-bond acceptors (Lipinski definition) is 6. The van der Waals surface area contributed by atoms with Gasteiger partial charge in [0.1, 0.15) is 5.92 Å². The molecule has 1 aliphatic rings. The number of piperidine rings is 1. The molecule has 0 saturated carbocycles. The van der Waals surface area contributed by atoms with Gasteiger partial charge in [0, 0.05) is 19.2 Å². The third-order valence-electron chi connectivity index (χ3n) is 4.11. The highest BCUT2D eigenvalue weighted by Gasteiger charge is 2.31. The molecule has 22 heavy (non-hydrogen) atoms. The Morgan fingerprint density at radius 2 is 2.05 bits per heavy atom.